The third-order valence-electron chi connectivity index (χ3n) is 4.06. The Balaban J connectivity index is 2.27. The average molecular weight is 390 g/mol. The van der Waals surface area contributed by atoms with Crippen LogP contribution < -0.4 is 0 Å². The molecular weight excluding hydrogens is 371 g/mol. The van der Waals surface area contributed by atoms with Gasteiger partial charge in [-0.1, -0.05) is 23.7 Å². The SMILES string of the molecule is CCN(Cc1cccc(Cl)c1)C(=O)CC(O)(c1nccn1C)C(F)(F)F. The number of hydrogen-bond donors (Lipinski definition) is 1. The van der Waals surface area contributed by atoms with E-state index in [1.807, 2.05) is 0 Å². The van der Waals surface area contributed by atoms with Gasteiger partial charge in [0.15, 0.2) is 5.82 Å². The Bertz CT molecular complexity index is 779. The molecule has 2 rings (SSSR count). The topological polar surface area (TPSA) is 58.4 Å². The van der Waals surface area contributed by atoms with Crippen LogP contribution in [0, 0.1) is 0 Å². The van der Waals surface area contributed by atoms with Gasteiger partial charge in [-0.2, -0.15) is 13.2 Å². The number of carbonyl (C=O) groups excluding carboxylic acids is 1. The highest BCUT2D eigenvalue weighted by molar-refractivity contribution is 6.30. The molecule has 1 amide bonds. The number of aliphatic hydroxyl groups is 1. The fourth-order valence-electron chi connectivity index (χ4n) is 2.63. The van der Waals surface area contributed by atoms with Crippen LogP contribution in [-0.2, 0) is 24.0 Å². The molecule has 0 spiro atoms. The number of aryl methyl sites for hydroxylation is 1. The number of nitrogens with zero attached hydrogens (tertiary/aromatic N) is 3. The highest BCUT2D eigenvalue weighted by Gasteiger charge is 2.58. The second kappa shape index (κ2) is 7.67. The summed E-state index contributed by atoms with van der Waals surface area (Å²) in [6.07, 6.45) is -3.80. The molecule has 1 unspecified atom stereocenters. The molecule has 1 atom stereocenters. The monoisotopic (exact) mass is 389 g/mol. The van der Waals surface area contributed by atoms with E-state index >= 15 is 0 Å². The van der Waals surface area contributed by atoms with Crippen molar-refractivity contribution < 1.29 is 23.1 Å². The summed E-state index contributed by atoms with van der Waals surface area (Å²) in [5, 5.41) is 10.8. The molecule has 142 valence electrons. The molecule has 26 heavy (non-hydrogen) atoms. The molecule has 0 saturated carbocycles. The van der Waals surface area contributed by atoms with Crippen LogP contribution in [0.2, 0.25) is 5.02 Å². The van der Waals surface area contributed by atoms with E-state index < -0.39 is 29.9 Å². The van der Waals surface area contributed by atoms with Crippen LogP contribution in [0.1, 0.15) is 24.7 Å². The lowest BCUT2D eigenvalue weighted by atomic mass is 9.96. The fourth-order valence-corrected chi connectivity index (χ4v) is 2.85. The lowest BCUT2D eigenvalue weighted by Crippen LogP contribution is -2.48. The van der Waals surface area contributed by atoms with Crippen molar-refractivity contribution >= 4 is 17.5 Å². The zero-order valence-electron chi connectivity index (χ0n) is 14.3. The fraction of sp³-hybridized carbons (Fsp3) is 0.412. The molecule has 0 radical (unpaired) electrons. The quantitative estimate of drug-likeness (QED) is 0.825. The van der Waals surface area contributed by atoms with Gasteiger partial charge in [0, 0.05) is 37.6 Å². The second-order valence-electron chi connectivity index (χ2n) is 5.93. The molecule has 0 fully saturated rings. The van der Waals surface area contributed by atoms with Gasteiger partial charge in [0.25, 0.3) is 0 Å². The summed E-state index contributed by atoms with van der Waals surface area (Å²) in [5.41, 5.74) is -2.69. The van der Waals surface area contributed by atoms with Crippen molar-refractivity contribution in [3.8, 4) is 0 Å². The van der Waals surface area contributed by atoms with Crippen LogP contribution in [0.25, 0.3) is 0 Å². The first-order valence-corrected chi connectivity index (χ1v) is 8.25. The van der Waals surface area contributed by atoms with Crippen LogP contribution in [0.4, 0.5) is 13.2 Å². The minimum atomic E-state index is -5.06. The summed E-state index contributed by atoms with van der Waals surface area (Å²) >= 11 is 5.90. The van der Waals surface area contributed by atoms with Gasteiger partial charge in [-0.3, -0.25) is 4.79 Å². The van der Waals surface area contributed by atoms with E-state index in [4.69, 9.17) is 11.6 Å². The zero-order valence-corrected chi connectivity index (χ0v) is 15.1. The standard InChI is InChI=1S/C17H19ClF3N3O2/c1-3-24(11-12-5-4-6-13(18)9-12)14(25)10-16(26,17(19,20)21)15-22-7-8-23(15)2/h4-9,26H,3,10-11H2,1-2H3. The smallest absolute Gasteiger partial charge is 0.374 e. The highest BCUT2D eigenvalue weighted by atomic mass is 35.5. The summed E-state index contributed by atoms with van der Waals surface area (Å²) in [6, 6.07) is 6.70. The molecular formula is C17H19ClF3N3O2. The Morgan fingerprint density at radius 1 is 1.38 bits per heavy atom. The van der Waals surface area contributed by atoms with Gasteiger partial charge in [0.1, 0.15) is 0 Å². The van der Waals surface area contributed by atoms with E-state index in [1.54, 1.807) is 31.2 Å². The van der Waals surface area contributed by atoms with Crippen molar-refractivity contribution in [3.05, 3.63) is 53.1 Å². The first-order valence-electron chi connectivity index (χ1n) is 7.87. The minimum absolute atomic E-state index is 0.0877. The van der Waals surface area contributed by atoms with Gasteiger partial charge >= 0.3 is 6.18 Å². The van der Waals surface area contributed by atoms with Crippen molar-refractivity contribution in [2.24, 2.45) is 7.05 Å². The Morgan fingerprint density at radius 2 is 2.08 bits per heavy atom. The Labute approximate surface area is 154 Å². The number of amides is 1. The second-order valence-corrected chi connectivity index (χ2v) is 6.37. The van der Waals surface area contributed by atoms with Gasteiger partial charge in [0.2, 0.25) is 11.5 Å². The third kappa shape index (κ3) is 4.19. The molecule has 1 aromatic heterocycles. The van der Waals surface area contributed by atoms with Crippen LogP contribution in [-0.4, -0.2) is 38.2 Å². The number of imidazole rings is 1. The van der Waals surface area contributed by atoms with Crippen molar-refractivity contribution in [1.29, 1.82) is 0 Å². The summed E-state index contributed by atoms with van der Waals surface area (Å²) in [4.78, 5) is 17.3. The van der Waals surface area contributed by atoms with Crippen molar-refractivity contribution in [3.63, 3.8) is 0 Å². The molecule has 5 nitrogen and oxygen atoms in total. The van der Waals surface area contributed by atoms with Gasteiger partial charge in [0.05, 0.1) is 6.42 Å². The van der Waals surface area contributed by atoms with Crippen molar-refractivity contribution in [1.82, 2.24) is 14.5 Å². The van der Waals surface area contributed by atoms with Gasteiger partial charge < -0.3 is 14.6 Å². The predicted molar refractivity (Wildman–Crippen MR) is 90.3 cm³/mol. The number of halogens is 4. The van der Waals surface area contributed by atoms with Crippen molar-refractivity contribution in [2.75, 3.05) is 6.54 Å². The van der Waals surface area contributed by atoms with Crippen LogP contribution in [0.15, 0.2) is 36.7 Å². The Morgan fingerprint density at radius 3 is 2.58 bits per heavy atom. The molecule has 9 heteroatoms. The molecule has 0 bridgehead atoms. The first kappa shape index (κ1) is 20.3. The van der Waals surface area contributed by atoms with E-state index in [0.717, 1.165) is 10.8 Å². The normalized spacial score (nSPS) is 14.1. The Kier molecular flexibility index (Phi) is 5.98. The van der Waals surface area contributed by atoms with E-state index in [9.17, 15) is 23.1 Å². The Hall–Kier alpha value is -2.06. The third-order valence-corrected chi connectivity index (χ3v) is 4.30. The minimum Gasteiger partial charge on any atom is -0.374 e. The lowest BCUT2D eigenvalue weighted by Gasteiger charge is -2.31. The van der Waals surface area contributed by atoms with Gasteiger partial charge in [-0.15, -0.1) is 0 Å². The largest absolute Gasteiger partial charge is 0.425 e. The average Bonchev–Trinajstić information content (AvgIpc) is 2.98. The zero-order chi connectivity index (χ0) is 19.5. The number of aromatic nitrogens is 2. The lowest BCUT2D eigenvalue weighted by molar-refractivity contribution is -0.272. The number of alkyl halides is 3. The van der Waals surface area contributed by atoms with Crippen LogP contribution >= 0.6 is 11.6 Å². The molecule has 1 N–H and O–H groups in total. The molecule has 0 aliphatic carbocycles. The summed E-state index contributed by atoms with van der Waals surface area (Å²) in [7, 11) is 1.33. The predicted octanol–water partition coefficient (Wildman–Crippen LogP) is 3.26. The molecule has 0 aliphatic heterocycles. The maximum Gasteiger partial charge on any atom is 0.425 e. The van der Waals surface area contributed by atoms with Crippen LogP contribution in [0.5, 0.6) is 0 Å². The summed E-state index contributed by atoms with van der Waals surface area (Å²) in [6.45, 7) is 1.92. The van der Waals surface area contributed by atoms with Crippen LogP contribution in [0.3, 0.4) is 0 Å². The maximum absolute atomic E-state index is 13.6. The highest BCUT2D eigenvalue weighted by Crippen LogP contribution is 2.41. The molecule has 1 heterocycles. The number of benzene rings is 1. The van der Waals surface area contributed by atoms with E-state index in [2.05, 4.69) is 4.98 Å². The summed E-state index contributed by atoms with van der Waals surface area (Å²) in [5.74, 6) is -1.47. The first-order chi connectivity index (χ1) is 12.1. The number of hydrogen-bond acceptors (Lipinski definition) is 3. The maximum atomic E-state index is 13.6. The molecule has 2 aromatic rings. The number of rotatable bonds is 6. The number of carbonyl (C=O) groups is 1. The van der Waals surface area contributed by atoms with E-state index in [0.29, 0.717) is 10.6 Å². The van der Waals surface area contributed by atoms with E-state index in [-0.39, 0.29) is 13.1 Å². The summed E-state index contributed by atoms with van der Waals surface area (Å²) < 4.78 is 41.7. The molecule has 1 aromatic carbocycles. The van der Waals surface area contributed by atoms with Gasteiger partial charge in [-0.05, 0) is 24.6 Å². The molecule has 0 aliphatic rings. The van der Waals surface area contributed by atoms with Crippen molar-refractivity contribution in [2.45, 2.75) is 31.7 Å². The van der Waals surface area contributed by atoms with Gasteiger partial charge in [-0.25, -0.2) is 4.98 Å². The van der Waals surface area contributed by atoms with E-state index in [1.165, 1.54) is 18.1 Å². The molecule has 0 saturated heterocycles.